The maximum atomic E-state index is 11.8. The van der Waals surface area contributed by atoms with Crippen LogP contribution >= 0.6 is 11.8 Å². The number of unbranched alkanes of at least 4 members (excludes halogenated alkanes) is 1. The number of thioether (sulfide) groups is 1. The molecular formula is C11H22N2OS. The van der Waals surface area contributed by atoms with E-state index >= 15 is 0 Å². The number of likely N-dealkylation sites (N-methyl/N-ethyl adjacent to an activating group) is 1. The molecule has 88 valence electrons. The van der Waals surface area contributed by atoms with E-state index in [1.165, 1.54) is 12.2 Å². The van der Waals surface area contributed by atoms with E-state index in [-0.39, 0.29) is 6.04 Å². The molecular weight excluding hydrogens is 208 g/mol. The lowest BCUT2D eigenvalue weighted by Gasteiger charge is -2.16. The number of nitrogens with one attached hydrogen (secondary N) is 1. The highest BCUT2D eigenvalue weighted by molar-refractivity contribution is 7.98. The van der Waals surface area contributed by atoms with Crippen LogP contribution < -0.4 is 5.32 Å². The van der Waals surface area contributed by atoms with Gasteiger partial charge in [0.05, 0.1) is 6.04 Å². The van der Waals surface area contributed by atoms with Gasteiger partial charge in [-0.25, -0.2) is 0 Å². The molecule has 1 saturated heterocycles. The van der Waals surface area contributed by atoms with E-state index in [1.54, 1.807) is 0 Å². The number of amides is 1. The van der Waals surface area contributed by atoms with Gasteiger partial charge >= 0.3 is 0 Å². The fourth-order valence-corrected chi connectivity index (χ4v) is 2.44. The third kappa shape index (κ3) is 4.03. The molecule has 0 aliphatic carbocycles. The van der Waals surface area contributed by atoms with Crippen molar-refractivity contribution in [3.63, 3.8) is 0 Å². The monoisotopic (exact) mass is 230 g/mol. The Labute approximate surface area is 97.0 Å². The minimum Gasteiger partial charge on any atom is -0.341 e. The smallest absolute Gasteiger partial charge is 0.239 e. The summed E-state index contributed by atoms with van der Waals surface area (Å²) < 4.78 is 0. The molecule has 0 radical (unpaired) electrons. The van der Waals surface area contributed by atoms with Crippen molar-refractivity contribution >= 4 is 17.7 Å². The lowest BCUT2D eigenvalue weighted by Crippen LogP contribution is -2.38. The van der Waals surface area contributed by atoms with Gasteiger partial charge in [0.2, 0.25) is 5.91 Å². The number of carbonyl (C=O) groups is 1. The molecule has 0 aromatic heterocycles. The SMILES string of the molecule is CCNC1CCN(CCCCSC)C1=O. The number of carbonyl (C=O) groups excluding carboxylic acids is 1. The van der Waals surface area contributed by atoms with Gasteiger partial charge in [-0.2, -0.15) is 11.8 Å². The van der Waals surface area contributed by atoms with E-state index in [2.05, 4.69) is 18.5 Å². The second-order valence-corrected chi connectivity index (χ2v) is 4.91. The average Bonchev–Trinajstić information content (AvgIpc) is 2.57. The Kier molecular flexibility index (Phi) is 6.10. The first-order chi connectivity index (χ1) is 7.29. The molecule has 0 saturated carbocycles. The number of hydrogen-bond donors (Lipinski definition) is 1. The average molecular weight is 230 g/mol. The summed E-state index contributed by atoms with van der Waals surface area (Å²) in [4.78, 5) is 13.8. The van der Waals surface area contributed by atoms with Gasteiger partial charge in [-0.05, 0) is 37.8 Å². The second kappa shape index (κ2) is 7.12. The largest absolute Gasteiger partial charge is 0.341 e. The Hall–Kier alpha value is -0.220. The summed E-state index contributed by atoms with van der Waals surface area (Å²) in [5.41, 5.74) is 0. The van der Waals surface area contributed by atoms with Gasteiger partial charge in [0.15, 0.2) is 0 Å². The van der Waals surface area contributed by atoms with Gasteiger partial charge in [-0.15, -0.1) is 0 Å². The number of rotatable bonds is 7. The van der Waals surface area contributed by atoms with Crippen molar-refractivity contribution in [3.05, 3.63) is 0 Å². The molecule has 3 nitrogen and oxygen atoms in total. The van der Waals surface area contributed by atoms with Crippen LogP contribution in [0.3, 0.4) is 0 Å². The molecule has 1 N–H and O–H groups in total. The molecule has 1 fully saturated rings. The van der Waals surface area contributed by atoms with Crippen molar-refractivity contribution in [1.82, 2.24) is 10.2 Å². The first-order valence-corrected chi connectivity index (χ1v) is 7.20. The standard InChI is InChI=1S/C11H22N2OS/c1-3-12-10-6-8-13(11(10)14)7-4-5-9-15-2/h10,12H,3-9H2,1-2H3. The molecule has 1 rings (SSSR count). The van der Waals surface area contributed by atoms with Crippen LogP contribution in [0.5, 0.6) is 0 Å². The molecule has 0 spiro atoms. The molecule has 1 unspecified atom stereocenters. The third-order valence-corrected chi connectivity index (χ3v) is 3.47. The van der Waals surface area contributed by atoms with E-state index < -0.39 is 0 Å². The Morgan fingerprint density at radius 1 is 1.53 bits per heavy atom. The fraction of sp³-hybridized carbons (Fsp3) is 0.909. The van der Waals surface area contributed by atoms with Crippen LogP contribution in [0.1, 0.15) is 26.2 Å². The van der Waals surface area contributed by atoms with Crippen LogP contribution in [0, 0.1) is 0 Å². The minimum atomic E-state index is 0.0931. The van der Waals surface area contributed by atoms with Crippen molar-refractivity contribution in [2.24, 2.45) is 0 Å². The first kappa shape index (κ1) is 12.8. The Morgan fingerprint density at radius 2 is 2.33 bits per heavy atom. The molecule has 4 heteroatoms. The zero-order chi connectivity index (χ0) is 11.1. The van der Waals surface area contributed by atoms with Gasteiger partial charge in [0, 0.05) is 13.1 Å². The lowest BCUT2D eigenvalue weighted by molar-refractivity contribution is -0.129. The highest BCUT2D eigenvalue weighted by Gasteiger charge is 2.29. The summed E-state index contributed by atoms with van der Waals surface area (Å²) >= 11 is 1.88. The molecule has 0 aromatic rings. The van der Waals surface area contributed by atoms with E-state index in [1.807, 2.05) is 16.7 Å². The van der Waals surface area contributed by atoms with Gasteiger partial charge in [0.25, 0.3) is 0 Å². The van der Waals surface area contributed by atoms with Crippen molar-refractivity contribution in [3.8, 4) is 0 Å². The van der Waals surface area contributed by atoms with Gasteiger partial charge in [0.1, 0.15) is 0 Å². The molecule has 0 bridgehead atoms. The van der Waals surface area contributed by atoms with Crippen LogP contribution in [-0.4, -0.2) is 48.5 Å². The summed E-state index contributed by atoms with van der Waals surface area (Å²) in [6, 6.07) is 0.0931. The molecule has 1 aliphatic rings. The summed E-state index contributed by atoms with van der Waals surface area (Å²) in [7, 11) is 0. The molecule has 1 aliphatic heterocycles. The molecule has 15 heavy (non-hydrogen) atoms. The molecule has 1 amide bonds. The Balaban J connectivity index is 2.18. The third-order valence-electron chi connectivity index (χ3n) is 2.77. The molecule has 1 heterocycles. The Morgan fingerprint density at radius 3 is 3.00 bits per heavy atom. The lowest BCUT2D eigenvalue weighted by atomic mass is 10.2. The quantitative estimate of drug-likeness (QED) is 0.670. The highest BCUT2D eigenvalue weighted by atomic mass is 32.2. The number of hydrogen-bond acceptors (Lipinski definition) is 3. The predicted molar refractivity (Wildman–Crippen MR) is 66.3 cm³/mol. The van der Waals surface area contributed by atoms with Crippen LogP contribution in [0.4, 0.5) is 0 Å². The summed E-state index contributed by atoms with van der Waals surface area (Å²) in [5, 5.41) is 3.23. The van der Waals surface area contributed by atoms with Gasteiger partial charge < -0.3 is 10.2 Å². The van der Waals surface area contributed by atoms with E-state index in [0.717, 1.165) is 32.5 Å². The van der Waals surface area contributed by atoms with Gasteiger partial charge in [-0.1, -0.05) is 6.92 Å². The van der Waals surface area contributed by atoms with Crippen LogP contribution in [0.2, 0.25) is 0 Å². The topological polar surface area (TPSA) is 32.3 Å². The Bertz CT molecular complexity index is 199. The molecule has 1 atom stereocenters. The minimum absolute atomic E-state index is 0.0931. The number of likely N-dealkylation sites (tertiary alicyclic amines) is 1. The van der Waals surface area contributed by atoms with Gasteiger partial charge in [-0.3, -0.25) is 4.79 Å². The van der Waals surface area contributed by atoms with Crippen molar-refractivity contribution in [1.29, 1.82) is 0 Å². The zero-order valence-corrected chi connectivity index (χ0v) is 10.6. The summed E-state index contributed by atoms with van der Waals surface area (Å²) in [6.45, 7) is 4.82. The van der Waals surface area contributed by atoms with Crippen molar-refractivity contribution < 1.29 is 4.79 Å². The predicted octanol–water partition coefficient (Wildman–Crippen LogP) is 1.34. The van der Waals surface area contributed by atoms with Crippen LogP contribution in [0.15, 0.2) is 0 Å². The van der Waals surface area contributed by atoms with E-state index in [4.69, 9.17) is 0 Å². The van der Waals surface area contributed by atoms with E-state index in [9.17, 15) is 4.79 Å². The van der Waals surface area contributed by atoms with Crippen molar-refractivity contribution in [2.75, 3.05) is 31.6 Å². The zero-order valence-electron chi connectivity index (χ0n) is 9.79. The maximum absolute atomic E-state index is 11.8. The van der Waals surface area contributed by atoms with E-state index in [0.29, 0.717) is 5.91 Å². The first-order valence-electron chi connectivity index (χ1n) is 5.80. The summed E-state index contributed by atoms with van der Waals surface area (Å²) in [5.74, 6) is 1.51. The van der Waals surface area contributed by atoms with Crippen LogP contribution in [-0.2, 0) is 4.79 Å². The number of nitrogens with zero attached hydrogens (tertiary/aromatic N) is 1. The second-order valence-electron chi connectivity index (χ2n) is 3.92. The maximum Gasteiger partial charge on any atom is 0.239 e. The normalized spacial score (nSPS) is 21.3. The molecule has 0 aromatic carbocycles. The summed E-state index contributed by atoms with van der Waals surface area (Å²) in [6.07, 6.45) is 5.47. The fourth-order valence-electron chi connectivity index (χ4n) is 1.95. The van der Waals surface area contributed by atoms with Crippen molar-refractivity contribution in [2.45, 2.75) is 32.2 Å². The van der Waals surface area contributed by atoms with Crippen LogP contribution in [0.25, 0.3) is 0 Å². The highest BCUT2D eigenvalue weighted by Crippen LogP contribution is 2.12.